The van der Waals surface area contributed by atoms with Gasteiger partial charge in [-0.25, -0.2) is 0 Å². The standard InChI is InChI=1S/C12H15F2NO3/c1-7(15-12(16)11(13)14)9-6-8(17-2)4-5-10(9)18-3/h4-7,11H,1-3H3,(H,15,16). The molecule has 1 N–H and O–H groups in total. The molecule has 1 unspecified atom stereocenters. The van der Waals surface area contributed by atoms with Gasteiger partial charge in [0.15, 0.2) is 0 Å². The Labute approximate surface area is 104 Å². The number of hydrogen-bond donors (Lipinski definition) is 1. The van der Waals surface area contributed by atoms with E-state index in [1.807, 2.05) is 0 Å². The van der Waals surface area contributed by atoms with Gasteiger partial charge in [0.25, 0.3) is 5.91 Å². The molecule has 1 aromatic carbocycles. The van der Waals surface area contributed by atoms with Crippen molar-refractivity contribution in [3.8, 4) is 11.5 Å². The molecule has 0 saturated carbocycles. The fourth-order valence-electron chi connectivity index (χ4n) is 1.53. The monoisotopic (exact) mass is 259 g/mol. The number of nitrogens with one attached hydrogen (secondary N) is 1. The first-order valence-corrected chi connectivity index (χ1v) is 5.30. The van der Waals surface area contributed by atoms with Gasteiger partial charge in [-0.2, -0.15) is 8.78 Å². The molecular weight excluding hydrogens is 244 g/mol. The largest absolute Gasteiger partial charge is 0.497 e. The number of carbonyl (C=O) groups excluding carboxylic acids is 1. The summed E-state index contributed by atoms with van der Waals surface area (Å²) in [5.41, 5.74) is 0.575. The molecule has 1 amide bonds. The number of carbonyl (C=O) groups is 1. The molecule has 0 spiro atoms. The predicted molar refractivity (Wildman–Crippen MR) is 62.1 cm³/mol. The molecule has 100 valence electrons. The number of ether oxygens (including phenoxy) is 2. The van der Waals surface area contributed by atoms with Crippen molar-refractivity contribution in [2.24, 2.45) is 0 Å². The van der Waals surface area contributed by atoms with E-state index in [1.165, 1.54) is 14.2 Å². The van der Waals surface area contributed by atoms with Crippen LogP contribution in [-0.4, -0.2) is 26.6 Å². The quantitative estimate of drug-likeness (QED) is 0.881. The molecule has 0 aromatic heterocycles. The summed E-state index contributed by atoms with van der Waals surface area (Å²) >= 11 is 0. The highest BCUT2D eigenvalue weighted by molar-refractivity contribution is 5.79. The Morgan fingerprint density at radius 1 is 1.28 bits per heavy atom. The Balaban J connectivity index is 2.95. The second-order valence-corrected chi connectivity index (χ2v) is 3.64. The van der Waals surface area contributed by atoms with Crippen LogP contribution in [0.25, 0.3) is 0 Å². The molecule has 0 aliphatic heterocycles. The lowest BCUT2D eigenvalue weighted by atomic mass is 10.1. The average molecular weight is 259 g/mol. The van der Waals surface area contributed by atoms with Crippen molar-refractivity contribution in [1.29, 1.82) is 0 Å². The highest BCUT2D eigenvalue weighted by Gasteiger charge is 2.20. The molecule has 18 heavy (non-hydrogen) atoms. The van der Waals surface area contributed by atoms with Gasteiger partial charge in [-0.1, -0.05) is 0 Å². The van der Waals surface area contributed by atoms with Gasteiger partial charge in [-0.3, -0.25) is 4.79 Å². The van der Waals surface area contributed by atoms with E-state index in [1.54, 1.807) is 25.1 Å². The number of methoxy groups -OCH3 is 2. The number of rotatable bonds is 5. The van der Waals surface area contributed by atoms with E-state index in [0.717, 1.165) is 0 Å². The highest BCUT2D eigenvalue weighted by Crippen LogP contribution is 2.29. The molecule has 1 aromatic rings. The summed E-state index contributed by atoms with van der Waals surface area (Å²) in [5, 5.41) is 2.20. The topological polar surface area (TPSA) is 47.6 Å². The van der Waals surface area contributed by atoms with Crippen LogP contribution in [0.2, 0.25) is 0 Å². The molecule has 6 heteroatoms. The zero-order valence-corrected chi connectivity index (χ0v) is 10.4. The molecular formula is C12H15F2NO3. The maximum atomic E-state index is 12.2. The number of alkyl halides is 2. The van der Waals surface area contributed by atoms with E-state index in [0.29, 0.717) is 17.1 Å². The van der Waals surface area contributed by atoms with Gasteiger partial charge in [-0.15, -0.1) is 0 Å². The van der Waals surface area contributed by atoms with Crippen LogP contribution in [0.5, 0.6) is 11.5 Å². The molecule has 0 aliphatic rings. The number of hydrogen-bond acceptors (Lipinski definition) is 3. The van der Waals surface area contributed by atoms with Crippen molar-refractivity contribution < 1.29 is 23.0 Å². The molecule has 4 nitrogen and oxygen atoms in total. The fraction of sp³-hybridized carbons (Fsp3) is 0.417. The number of halogens is 2. The summed E-state index contributed by atoms with van der Waals surface area (Å²) in [6, 6.07) is 4.37. The minimum absolute atomic E-state index is 0.498. The van der Waals surface area contributed by atoms with Gasteiger partial charge in [0.05, 0.1) is 20.3 Å². The summed E-state index contributed by atoms with van der Waals surface area (Å²) < 4.78 is 34.5. The lowest BCUT2D eigenvalue weighted by Gasteiger charge is -2.18. The van der Waals surface area contributed by atoms with Crippen molar-refractivity contribution in [3.05, 3.63) is 23.8 Å². The summed E-state index contributed by atoms with van der Waals surface area (Å²) in [4.78, 5) is 10.9. The molecule has 0 bridgehead atoms. The van der Waals surface area contributed by atoms with Gasteiger partial charge in [0.1, 0.15) is 11.5 Å². The molecule has 0 fully saturated rings. The smallest absolute Gasteiger partial charge is 0.315 e. The van der Waals surface area contributed by atoms with Crippen molar-refractivity contribution >= 4 is 5.91 Å². The van der Waals surface area contributed by atoms with Crippen molar-refractivity contribution in [1.82, 2.24) is 5.32 Å². The first kappa shape index (κ1) is 14.2. The van der Waals surface area contributed by atoms with Crippen LogP contribution in [0.15, 0.2) is 18.2 Å². The molecule has 0 aliphatic carbocycles. The maximum Gasteiger partial charge on any atom is 0.315 e. The average Bonchev–Trinajstić information content (AvgIpc) is 2.37. The van der Waals surface area contributed by atoms with Crippen molar-refractivity contribution in [3.63, 3.8) is 0 Å². The van der Waals surface area contributed by atoms with E-state index in [4.69, 9.17) is 9.47 Å². The SMILES string of the molecule is COc1ccc(OC)c(C(C)NC(=O)C(F)F)c1. The van der Waals surface area contributed by atoms with Crippen LogP contribution in [0, 0.1) is 0 Å². The van der Waals surface area contributed by atoms with Crippen LogP contribution in [0.3, 0.4) is 0 Å². The van der Waals surface area contributed by atoms with Crippen LogP contribution in [0.4, 0.5) is 8.78 Å². The summed E-state index contributed by atoms with van der Waals surface area (Å²) in [6.45, 7) is 1.59. The third kappa shape index (κ3) is 3.32. The third-order valence-electron chi connectivity index (χ3n) is 2.46. The first-order valence-electron chi connectivity index (χ1n) is 5.30. The first-order chi connectivity index (χ1) is 8.49. The zero-order valence-electron chi connectivity index (χ0n) is 10.4. The number of benzene rings is 1. The van der Waals surface area contributed by atoms with Crippen LogP contribution >= 0.6 is 0 Å². The van der Waals surface area contributed by atoms with Crippen LogP contribution < -0.4 is 14.8 Å². The molecule has 0 radical (unpaired) electrons. The Kier molecular flexibility index (Phi) is 4.88. The van der Waals surface area contributed by atoms with Gasteiger partial charge in [0, 0.05) is 5.56 Å². The molecule has 1 rings (SSSR count). The lowest BCUT2D eigenvalue weighted by molar-refractivity contribution is -0.132. The minimum atomic E-state index is -3.04. The summed E-state index contributed by atoms with van der Waals surface area (Å²) in [5.74, 6) is -0.255. The summed E-state index contributed by atoms with van der Waals surface area (Å²) in [7, 11) is 2.96. The second kappa shape index (κ2) is 6.18. The van der Waals surface area contributed by atoms with E-state index in [-0.39, 0.29) is 0 Å². The van der Waals surface area contributed by atoms with Gasteiger partial charge < -0.3 is 14.8 Å². The highest BCUT2D eigenvalue weighted by atomic mass is 19.3. The molecule has 0 heterocycles. The Morgan fingerprint density at radius 2 is 1.94 bits per heavy atom. The van der Waals surface area contributed by atoms with Gasteiger partial charge >= 0.3 is 6.43 Å². The van der Waals surface area contributed by atoms with Crippen LogP contribution in [-0.2, 0) is 4.79 Å². The molecule has 1 atom stereocenters. The fourth-order valence-corrected chi connectivity index (χ4v) is 1.53. The van der Waals surface area contributed by atoms with E-state index in [9.17, 15) is 13.6 Å². The van der Waals surface area contributed by atoms with E-state index in [2.05, 4.69) is 5.32 Å². The summed E-state index contributed by atoms with van der Waals surface area (Å²) in [6.07, 6.45) is -3.04. The maximum absolute atomic E-state index is 12.2. The Hall–Kier alpha value is -1.85. The second-order valence-electron chi connectivity index (χ2n) is 3.64. The predicted octanol–water partition coefficient (Wildman–Crippen LogP) is 2.15. The normalized spacial score (nSPS) is 12.1. The van der Waals surface area contributed by atoms with Crippen LogP contribution in [0.1, 0.15) is 18.5 Å². The van der Waals surface area contributed by atoms with Gasteiger partial charge in [0.2, 0.25) is 0 Å². The van der Waals surface area contributed by atoms with E-state index < -0.39 is 18.4 Å². The minimum Gasteiger partial charge on any atom is -0.497 e. The third-order valence-corrected chi connectivity index (χ3v) is 2.46. The Morgan fingerprint density at radius 3 is 2.44 bits per heavy atom. The number of amides is 1. The molecule has 0 saturated heterocycles. The van der Waals surface area contributed by atoms with Crippen molar-refractivity contribution in [2.75, 3.05) is 14.2 Å². The zero-order chi connectivity index (χ0) is 13.7. The van der Waals surface area contributed by atoms with E-state index >= 15 is 0 Å². The lowest BCUT2D eigenvalue weighted by Crippen LogP contribution is -2.32. The van der Waals surface area contributed by atoms with Gasteiger partial charge in [-0.05, 0) is 25.1 Å². The Bertz CT molecular complexity index is 424. The van der Waals surface area contributed by atoms with Crippen molar-refractivity contribution in [2.45, 2.75) is 19.4 Å².